The molecule has 0 saturated carbocycles. The Morgan fingerprint density at radius 1 is 0.719 bits per heavy atom. The van der Waals surface area contributed by atoms with Crippen molar-refractivity contribution >= 4 is 17.9 Å². The second kappa shape index (κ2) is 17.6. The van der Waals surface area contributed by atoms with Crippen LogP contribution < -0.4 is 0 Å². The molecule has 12 nitrogen and oxygen atoms in total. The highest BCUT2D eigenvalue weighted by Crippen LogP contribution is 2.36. The Morgan fingerprint density at radius 3 is 1.63 bits per heavy atom. The number of likely N-dealkylation sites (tertiary alicyclic amines) is 2. The smallest absolute Gasteiger partial charge is 0.407 e. The number of H-pyrrole nitrogens is 2. The van der Waals surface area contributed by atoms with Crippen LogP contribution in [0.25, 0.3) is 33.6 Å². The molecule has 298 valence electrons. The molecule has 7 rings (SSSR count). The van der Waals surface area contributed by atoms with Crippen molar-refractivity contribution < 1.29 is 19.5 Å². The Balaban J connectivity index is 1.01. The maximum atomic E-state index is 13.9. The highest BCUT2D eigenvalue weighted by Gasteiger charge is 2.39. The van der Waals surface area contributed by atoms with Gasteiger partial charge in [-0.3, -0.25) is 19.4 Å². The van der Waals surface area contributed by atoms with Gasteiger partial charge in [0.05, 0.1) is 41.9 Å². The molecule has 12 heteroatoms. The fourth-order valence-corrected chi connectivity index (χ4v) is 8.52. The highest BCUT2D eigenvalue weighted by molar-refractivity contribution is 5.87. The summed E-state index contributed by atoms with van der Waals surface area (Å²) in [5.74, 6) is 1.47. The van der Waals surface area contributed by atoms with E-state index in [2.05, 4.69) is 77.2 Å². The van der Waals surface area contributed by atoms with E-state index >= 15 is 0 Å². The van der Waals surface area contributed by atoms with Gasteiger partial charge in [0, 0.05) is 20.1 Å². The predicted octanol–water partition coefficient (Wildman–Crippen LogP) is 8.32. The summed E-state index contributed by atoms with van der Waals surface area (Å²) < 4.78 is 0. The Hall–Kier alpha value is -5.75. The Labute approximate surface area is 334 Å². The fraction of sp³-hybridized carbons (Fsp3) is 0.400. The molecule has 0 radical (unpaired) electrons. The zero-order valence-electron chi connectivity index (χ0n) is 33.4. The van der Waals surface area contributed by atoms with E-state index in [4.69, 9.17) is 9.97 Å². The van der Waals surface area contributed by atoms with Gasteiger partial charge in [-0.2, -0.15) is 0 Å². The number of carbonyl (C=O) groups excluding carboxylic acids is 2. The third-order valence-corrected chi connectivity index (χ3v) is 11.6. The summed E-state index contributed by atoms with van der Waals surface area (Å²) in [4.78, 5) is 63.2. The molecule has 0 spiro atoms. The van der Waals surface area contributed by atoms with Crippen molar-refractivity contribution in [2.75, 3.05) is 33.2 Å². The standard InChI is InChI=1S/C45H54N8O4/c1-5-24-51(25-6-2)30(3)43(54)52-26-10-14-38(52)41-46-28-36(48-41)33-20-16-31(17-21-33)32-18-22-34(23-19-32)37-29-47-42(49-37)39-15-11-27-53(39)44(55)40(50(4)45(56)57)35-12-8-7-9-13-35/h7-9,12-13,16-23,28-30,38-40H,5-6,10-11,14-15,24-27H2,1-4H3,(H,46,48)(H,47,49)(H,56,57)/t30-,38+,39+,40-/m1/s1. The summed E-state index contributed by atoms with van der Waals surface area (Å²) in [5, 5.41) is 9.79. The average Bonchev–Trinajstić information content (AvgIpc) is 4.08. The SMILES string of the molecule is CCCN(CCC)[C@H](C)C(=O)N1CCC[C@H]1c1ncc(-c2ccc(-c3ccc(-c4cnc([C@@H]5CCCN5C(=O)[C@@H](c5ccccc5)N(C)C(=O)O)[nH]4)cc3)cc2)[nH]1. The molecule has 2 aromatic heterocycles. The minimum absolute atomic E-state index is 0.0417. The lowest BCUT2D eigenvalue weighted by molar-refractivity contribution is -0.138. The molecule has 3 amide bonds. The molecular formula is C45H54N8O4. The third-order valence-electron chi connectivity index (χ3n) is 11.6. The van der Waals surface area contributed by atoms with Gasteiger partial charge in [0.25, 0.3) is 5.91 Å². The molecule has 4 heterocycles. The van der Waals surface area contributed by atoms with Crippen LogP contribution >= 0.6 is 0 Å². The summed E-state index contributed by atoms with van der Waals surface area (Å²) in [6.07, 6.45) is 7.98. The number of rotatable bonds is 14. The molecule has 3 aromatic carbocycles. The third kappa shape index (κ3) is 8.37. The normalized spacial score (nSPS) is 17.9. The number of carbonyl (C=O) groups is 3. The molecule has 57 heavy (non-hydrogen) atoms. The van der Waals surface area contributed by atoms with Gasteiger partial charge < -0.3 is 24.9 Å². The number of amides is 3. The van der Waals surface area contributed by atoms with Gasteiger partial charge in [-0.25, -0.2) is 14.8 Å². The van der Waals surface area contributed by atoms with Crippen molar-refractivity contribution in [3.05, 3.63) is 108 Å². The van der Waals surface area contributed by atoms with Crippen molar-refractivity contribution in [1.82, 2.24) is 39.5 Å². The Morgan fingerprint density at radius 2 is 1.18 bits per heavy atom. The summed E-state index contributed by atoms with van der Waals surface area (Å²) in [7, 11) is 1.44. The molecule has 2 aliphatic rings. The number of hydrogen-bond acceptors (Lipinski definition) is 6. The number of nitrogens with zero attached hydrogens (tertiary/aromatic N) is 6. The molecule has 3 N–H and O–H groups in total. The van der Waals surface area contributed by atoms with Crippen molar-refractivity contribution in [2.45, 2.75) is 83.5 Å². The monoisotopic (exact) mass is 770 g/mol. The lowest BCUT2D eigenvalue weighted by atomic mass is 10.0. The van der Waals surface area contributed by atoms with Gasteiger partial charge in [-0.15, -0.1) is 0 Å². The minimum atomic E-state index is -1.16. The van der Waals surface area contributed by atoms with Crippen LogP contribution in [0.3, 0.4) is 0 Å². The van der Waals surface area contributed by atoms with E-state index in [1.54, 1.807) is 23.2 Å². The number of carboxylic acid groups (broad SMARTS) is 1. The number of hydrogen-bond donors (Lipinski definition) is 3. The van der Waals surface area contributed by atoms with Gasteiger partial charge >= 0.3 is 6.09 Å². The van der Waals surface area contributed by atoms with Crippen LogP contribution in [0.1, 0.15) is 94.6 Å². The van der Waals surface area contributed by atoms with E-state index in [9.17, 15) is 19.5 Å². The first kappa shape index (κ1) is 39.5. The number of aromatic nitrogens is 4. The van der Waals surface area contributed by atoms with E-state index in [0.29, 0.717) is 17.9 Å². The largest absolute Gasteiger partial charge is 0.465 e. The molecule has 2 saturated heterocycles. The van der Waals surface area contributed by atoms with Crippen LogP contribution in [-0.4, -0.2) is 102 Å². The molecule has 2 fully saturated rings. The quantitative estimate of drug-likeness (QED) is 0.103. The van der Waals surface area contributed by atoms with E-state index in [-0.39, 0.29) is 29.9 Å². The first-order valence-corrected chi connectivity index (χ1v) is 20.3. The van der Waals surface area contributed by atoms with Crippen LogP contribution in [-0.2, 0) is 9.59 Å². The zero-order chi connectivity index (χ0) is 40.1. The van der Waals surface area contributed by atoms with Crippen LogP contribution in [0.2, 0.25) is 0 Å². The summed E-state index contributed by atoms with van der Waals surface area (Å²) in [6.45, 7) is 9.51. The molecule has 0 unspecified atom stereocenters. The second-order valence-corrected chi connectivity index (χ2v) is 15.3. The van der Waals surface area contributed by atoms with Crippen LogP contribution in [0, 0.1) is 0 Å². The van der Waals surface area contributed by atoms with Gasteiger partial charge in [0.1, 0.15) is 17.7 Å². The highest BCUT2D eigenvalue weighted by atomic mass is 16.4. The molecular weight excluding hydrogens is 717 g/mol. The van der Waals surface area contributed by atoms with E-state index in [1.807, 2.05) is 36.2 Å². The lowest BCUT2D eigenvalue weighted by Crippen LogP contribution is -2.47. The van der Waals surface area contributed by atoms with Crippen molar-refractivity contribution in [3.63, 3.8) is 0 Å². The topological polar surface area (TPSA) is 142 Å². The predicted molar refractivity (Wildman–Crippen MR) is 221 cm³/mol. The van der Waals surface area contributed by atoms with E-state index < -0.39 is 12.1 Å². The first-order chi connectivity index (χ1) is 27.7. The van der Waals surface area contributed by atoms with Crippen molar-refractivity contribution in [1.29, 1.82) is 0 Å². The molecule has 5 aromatic rings. The molecule has 0 aliphatic carbocycles. The number of likely N-dealkylation sites (N-methyl/N-ethyl adjacent to an activating group) is 1. The van der Waals surface area contributed by atoms with E-state index in [0.717, 1.165) is 103 Å². The number of aromatic amines is 2. The van der Waals surface area contributed by atoms with Crippen molar-refractivity contribution in [3.8, 4) is 33.6 Å². The maximum absolute atomic E-state index is 13.9. The van der Waals surface area contributed by atoms with Crippen LogP contribution in [0.15, 0.2) is 91.3 Å². The summed E-state index contributed by atoms with van der Waals surface area (Å²) in [6, 6.07) is 24.4. The molecule has 2 aliphatic heterocycles. The van der Waals surface area contributed by atoms with Crippen LogP contribution in [0.5, 0.6) is 0 Å². The fourth-order valence-electron chi connectivity index (χ4n) is 8.52. The van der Waals surface area contributed by atoms with E-state index in [1.165, 1.54) is 7.05 Å². The lowest BCUT2D eigenvalue weighted by Gasteiger charge is -2.33. The summed E-state index contributed by atoms with van der Waals surface area (Å²) >= 11 is 0. The van der Waals surface area contributed by atoms with Crippen LogP contribution in [0.4, 0.5) is 4.79 Å². The number of nitrogens with one attached hydrogen (secondary N) is 2. The van der Waals surface area contributed by atoms with Gasteiger partial charge in [-0.1, -0.05) is 92.7 Å². The number of benzene rings is 3. The first-order valence-electron chi connectivity index (χ1n) is 20.3. The minimum Gasteiger partial charge on any atom is -0.465 e. The maximum Gasteiger partial charge on any atom is 0.407 e. The Bertz CT molecular complexity index is 2120. The zero-order valence-corrected chi connectivity index (χ0v) is 33.4. The van der Waals surface area contributed by atoms with Gasteiger partial charge in [0.15, 0.2) is 0 Å². The summed E-state index contributed by atoms with van der Waals surface area (Å²) in [5.41, 5.74) is 6.58. The second-order valence-electron chi connectivity index (χ2n) is 15.3. The molecule has 0 bridgehead atoms. The van der Waals surface area contributed by atoms with Gasteiger partial charge in [0.2, 0.25) is 5.91 Å². The number of imidazole rings is 2. The van der Waals surface area contributed by atoms with Crippen molar-refractivity contribution in [2.24, 2.45) is 0 Å². The Kier molecular flexibility index (Phi) is 12.2. The average molecular weight is 771 g/mol. The molecule has 4 atom stereocenters. The van der Waals surface area contributed by atoms with Gasteiger partial charge in [-0.05, 0) is 86.4 Å².